The van der Waals surface area contributed by atoms with E-state index in [1.165, 1.54) is 23.3 Å². The SMILES string of the molecule is C=C/C=C\C(=C)C(=C)/C(=C\C=C)NC(=O)OC1CCN(CCc2ccc(CCNCc3cc(F)c(Cl)cc3O)cc2)CC1. The lowest BCUT2D eigenvalue weighted by atomic mass is 10.0. The Bertz CT molecular complexity index is 1360. The normalized spacial score (nSPS) is 14.4. The van der Waals surface area contributed by atoms with Gasteiger partial charge in [0.1, 0.15) is 17.7 Å². The minimum atomic E-state index is -0.540. The van der Waals surface area contributed by atoms with E-state index in [0.29, 0.717) is 35.5 Å². The van der Waals surface area contributed by atoms with E-state index in [9.17, 15) is 14.3 Å². The maximum atomic E-state index is 13.6. The Morgan fingerprint density at radius 2 is 1.77 bits per heavy atom. The number of halogens is 2. The van der Waals surface area contributed by atoms with Crippen LogP contribution in [0.4, 0.5) is 9.18 Å². The topological polar surface area (TPSA) is 73.8 Å². The summed E-state index contributed by atoms with van der Waals surface area (Å²) in [4.78, 5) is 15.0. The summed E-state index contributed by atoms with van der Waals surface area (Å²) in [6, 6.07) is 11.0. The second-order valence-electron chi connectivity index (χ2n) is 10.4. The highest BCUT2D eigenvalue weighted by molar-refractivity contribution is 6.30. The highest BCUT2D eigenvalue weighted by atomic mass is 35.5. The zero-order valence-corrected chi connectivity index (χ0v) is 25.3. The summed E-state index contributed by atoms with van der Waals surface area (Å²) in [5.41, 5.74) is 4.66. The summed E-state index contributed by atoms with van der Waals surface area (Å²) < 4.78 is 19.3. The van der Waals surface area contributed by atoms with Crippen molar-refractivity contribution in [3.8, 4) is 5.75 Å². The molecule has 0 bridgehead atoms. The molecule has 6 nitrogen and oxygen atoms in total. The summed E-state index contributed by atoms with van der Waals surface area (Å²) in [6.07, 6.45) is 11.1. The van der Waals surface area contributed by atoms with E-state index in [1.807, 2.05) is 0 Å². The lowest BCUT2D eigenvalue weighted by Crippen LogP contribution is -2.40. The van der Waals surface area contributed by atoms with Crippen molar-refractivity contribution in [3.05, 3.63) is 137 Å². The van der Waals surface area contributed by atoms with Gasteiger partial charge in [-0.25, -0.2) is 9.18 Å². The van der Waals surface area contributed by atoms with Gasteiger partial charge in [0.05, 0.1) is 10.7 Å². The number of nitrogens with zero attached hydrogens (tertiary/aromatic N) is 1. The summed E-state index contributed by atoms with van der Waals surface area (Å²) >= 11 is 5.69. The predicted octanol–water partition coefficient (Wildman–Crippen LogP) is 7.17. The van der Waals surface area contributed by atoms with Crippen LogP contribution in [-0.2, 0) is 24.1 Å². The molecular formula is C35H41ClFN3O3. The first-order chi connectivity index (χ1) is 20.7. The standard InChI is InChI=1S/C35H41ClFN3O3/c1-5-7-9-25(3)26(4)33(8-6-2)39-35(42)43-30-16-20-40(21-17-30)19-15-28-12-10-27(11-13-28)14-18-38-24-29-22-32(37)31(36)23-34(29)41/h5-13,22-23,30,38,41H,1-4,14-21,24H2,(H,39,42)/b9-7-,33-8+. The number of piperidine rings is 1. The van der Waals surface area contributed by atoms with E-state index in [2.05, 4.69) is 66.1 Å². The van der Waals surface area contributed by atoms with Crippen molar-refractivity contribution >= 4 is 17.7 Å². The van der Waals surface area contributed by atoms with Crippen LogP contribution in [0.15, 0.2) is 110 Å². The van der Waals surface area contributed by atoms with E-state index < -0.39 is 11.9 Å². The molecule has 3 N–H and O–H groups in total. The Morgan fingerprint density at radius 3 is 2.42 bits per heavy atom. The van der Waals surface area contributed by atoms with Crippen molar-refractivity contribution in [2.75, 3.05) is 26.2 Å². The summed E-state index contributed by atoms with van der Waals surface area (Å²) in [7, 11) is 0. The van der Waals surface area contributed by atoms with Crippen LogP contribution >= 0.6 is 11.6 Å². The molecule has 1 aliphatic heterocycles. The number of rotatable bonds is 15. The minimum Gasteiger partial charge on any atom is -0.508 e. The molecule has 0 saturated carbocycles. The second kappa shape index (κ2) is 17.3. The van der Waals surface area contributed by atoms with Crippen molar-refractivity contribution in [1.82, 2.24) is 15.5 Å². The molecule has 1 heterocycles. The molecule has 8 heteroatoms. The van der Waals surface area contributed by atoms with Crippen LogP contribution in [0.25, 0.3) is 0 Å². The van der Waals surface area contributed by atoms with Gasteiger partial charge in [-0.05, 0) is 66.6 Å². The number of carbonyl (C=O) groups excluding carboxylic acids is 1. The van der Waals surface area contributed by atoms with E-state index >= 15 is 0 Å². The smallest absolute Gasteiger partial charge is 0.411 e. The third-order valence-corrected chi connectivity index (χ3v) is 7.53. The van der Waals surface area contributed by atoms with Gasteiger partial charge in [-0.15, -0.1) is 0 Å². The molecule has 1 amide bonds. The summed E-state index contributed by atoms with van der Waals surface area (Å²) in [6.45, 7) is 19.1. The van der Waals surface area contributed by atoms with Gasteiger partial charge < -0.3 is 20.1 Å². The van der Waals surface area contributed by atoms with Gasteiger partial charge in [-0.1, -0.05) is 86.5 Å². The Kier molecular flexibility index (Phi) is 13.5. The average Bonchev–Trinajstić information content (AvgIpc) is 3.00. The Hall–Kier alpha value is -3.91. The van der Waals surface area contributed by atoms with Gasteiger partial charge in [-0.2, -0.15) is 0 Å². The van der Waals surface area contributed by atoms with Crippen LogP contribution in [0.2, 0.25) is 5.02 Å². The van der Waals surface area contributed by atoms with Gasteiger partial charge in [-0.3, -0.25) is 5.32 Å². The maximum absolute atomic E-state index is 13.6. The number of aromatic hydroxyl groups is 1. The van der Waals surface area contributed by atoms with Gasteiger partial charge in [0.25, 0.3) is 0 Å². The highest BCUT2D eigenvalue weighted by Gasteiger charge is 2.23. The second-order valence-corrected chi connectivity index (χ2v) is 10.8. The van der Waals surface area contributed by atoms with Crippen molar-refractivity contribution in [2.45, 2.75) is 38.3 Å². The molecule has 2 aromatic rings. The number of allylic oxidation sites excluding steroid dienone is 6. The number of phenolic OH excluding ortho intramolecular Hbond substituents is 1. The van der Waals surface area contributed by atoms with Crippen molar-refractivity contribution in [1.29, 1.82) is 0 Å². The number of benzene rings is 2. The van der Waals surface area contributed by atoms with Gasteiger partial charge in [0.15, 0.2) is 0 Å². The molecule has 1 aliphatic rings. The molecule has 0 aromatic heterocycles. The van der Waals surface area contributed by atoms with E-state index in [-0.39, 0.29) is 16.9 Å². The number of carbonyl (C=O) groups is 1. The van der Waals surface area contributed by atoms with Crippen LogP contribution < -0.4 is 10.6 Å². The fourth-order valence-electron chi connectivity index (χ4n) is 4.67. The van der Waals surface area contributed by atoms with Crippen molar-refractivity contribution in [2.24, 2.45) is 0 Å². The first-order valence-electron chi connectivity index (χ1n) is 14.4. The fraction of sp³-hybridized carbons (Fsp3) is 0.286. The molecule has 0 unspecified atom stereocenters. The lowest BCUT2D eigenvalue weighted by Gasteiger charge is -2.31. The zero-order valence-electron chi connectivity index (χ0n) is 24.6. The average molecular weight is 606 g/mol. The van der Waals surface area contributed by atoms with E-state index in [1.54, 1.807) is 30.4 Å². The largest absolute Gasteiger partial charge is 0.508 e. The van der Waals surface area contributed by atoms with Gasteiger partial charge >= 0.3 is 6.09 Å². The van der Waals surface area contributed by atoms with Crippen LogP contribution in [0.5, 0.6) is 5.75 Å². The zero-order chi connectivity index (χ0) is 31.2. The van der Waals surface area contributed by atoms with Crippen LogP contribution in [0.1, 0.15) is 29.5 Å². The number of nitrogens with one attached hydrogen (secondary N) is 2. The molecule has 3 rings (SSSR count). The van der Waals surface area contributed by atoms with Gasteiger partial charge in [0.2, 0.25) is 0 Å². The molecule has 228 valence electrons. The summed E-state index contributed by atoms with van der Waals surface area (Å²) in [5, 5.41) is 15.8. The Morgan fingerprint density at radius 1 is 1.09 bits per heavy atom. The number of ether oxygens (including phenoxy) is 1. The predicted molar refractivity (Wildman–Crippen MR) is 174 cm³/mol. The highest BCUT2D eigenvalue weighted by Crippen LogP contribution is 2.25. The van der Waals surface area contributed by atoms with Crippen LogP contribution in [0.3, 0.4) is 0 Å². The minimum absolute atomic E-state index is 0.0154. The van der Waals surface area contributed by atoms with E-state index in [0.717, 1.165) is 45.3 Å². The number of amides is 1. The molecule has 1 fully saturated rings. The summed E-state index contributed by atoms with van der Waals surface area (Å²) in [5.74, 6) is -0.556. The van der Waals surface area contributed by atoms with Crippen molar-refractivity contribution in [3.63, 3.8) is 0 Å². The number of alkyl carbamates (subject to hydrolysis) is 1. The molecule has 1 saturated heterocycles. The number of likely N-dealkylation sites (tertiary alicyclic amines) is 1. The van der Waals surface area contributed by atoms with Crippen LogP contribution in [-0.4, -0.2) is 48.4 Å². The first-order valence-corrected chi connectivity index (χ1v) is 14.7. The van der Waals surface area contributed by atoms with Gasteiger partial charge in [0, 0.05) is 37.8 Å². The third-order valence-electron chi connectivity index (χ3n) is 7.24. The third kappa shape index (κ3) is 11.0. The molecule has 0 aliphatic carbocycles. The Labute approximate surface area is 259 Å². The molecule has 2 aromatic carbocycles. The quantitative estimate of drug-likeness (QED) is 0.148. The molecule has 0 radical (unpaired) electrons. The monoisotopic (exact) mass is 605 g/mol. The van der Waals surface area contributed by atoms with E-state index in [4.69, 9.17) is 16.3 Å². The maximum Gasteiger partial charge on any atom is 0.411 e. The number of hydrogen-bond donors (Lipinski definition) is 3. The number of phenols is 1. The lowest BCUT2D eigenvalue weighted by molar-refractivity contribution is 0.0527. The first kappa shape index (κ1) is 33.6. The molecule has 0 atom stereocenters. The number of hydrogen-bond acceptors (Lipinski definition) is 5. The molecular weight excluding hydrogens is 565 g/mol. The molecule has 43 heavy (non-hydrogen) atoms. The Balaban J connectivity index is 1.35. The fourth-order valence-corrected chi connectivity index (χ4v) is 4.83. The molecule has 0 spiro atoms. The van der Waals surface area contributed by atoms with Crippen molar-refractivity contribution < 1.29 is 19.0 Å². The van der Waals surface area contributed by atoms with Crippen LogP contribution in [0, 0.1) is 5.82 Å².